The molecule has 200 valence electrons. The summed E-state index contributed by atoms with van der Waals surface area (Å²) in [4.78, 5) is 10.4. The summed E-state index contributed by atoms with van der Waals surface area (Å²) in [5.41, 5.74) is 8.22. The van der Waals surface area contributed by atoms with Crippen LogP contribution >= 0.6 is 0 Å². The molecule has 0 radical (unpaired) electrons. The van der Waals surface area contributed by atoms with Crippen LogP contribution in [0, 0.1) is 0 Å². The fraction of sp³-hybridized carbons (Fsp3) is 0. The number of benzene rings is 6. The lowest BCUT2D eigenvalue weighted by Gasteiger charge is -2.11. The normalized spacial score (nSPS) is 12.2. The molecule has 0 aliphatic rings. The molecule has 0 saturated carbocycles. The van der Waals surface area contributed by atoms with Crippen molar-refractivity contribution < 1.29 is 8.83 Å². The zero-order valence-electron chi connectivity index (χ0n) is 22.8. The van der Waals surface area contributed by atoms with Gasteiger partial charge >= 0.3 is 0 Å². The number of rotatable bonds is 2. The Labute approximate surface area is 244 Å². The van der Waals surface area contributed by atoms with Gasteiger partial charge in [-0.3, -0.25) is 4.57 Å². The van der Waals surface area contributed by atoms with E-state index in [0.717, 1.165) is 87.8 Å². The van der Waals surface area contributed by atoms with Crippen molar-refractivity contribution in [2.75, 3.05) is 0 Å². The highest BCUT2D eigenvalue weighted by Gasteiger charge is 2.24. The van der Waals surface area contributed by atoms with E-state index in [1.165, 1.54) is 0 Å². The Hall–Kier alpha value is -5.94. The minimum atomic E-state index is 0.611. The van der Waals surface area contributed by atoms with Crippen LogP contribution in [0.2, 0.25) is 0 Å². The summed E-state index contributed by atoms with van der Waals surface area (Å²) in [6.07, 6.45) is 0. The molecule has 0 fully saturated rings. The van der Waals surface area contributed by atoms with Crippen LogP contribution in [0.25, 0.3) is 93.8 Å². The number of furan rings is 2. The van der Waals surface area contributed by atoms with Crippen molar-refractivity contribution >= 4 is 76.6 Å². The standard InChI is InChI=1S/C38H21N3O2/c1-2-10-22(11-3-1)36-25-13-4-7-15-27(25)39-38(40-36)41-28-20-21-32-33(26-14-6-9-17-31(26)42-32)34(28)35-29(41)19-18-24-23-12-5-8-16-30(23)43-37(24)35/h1-21H. The minimum absolute atomic E-state index is 0.611. The monoisotopic (exact) mass is 551 g/mol. The second-order valence-corrected chi connectivity index (χ2v) is 11.0. The quantitative estimate of drug-likeness (QED) is 0.214. The molecule has 0 unspecified atom stereocenters. The van der Waals surface area contributed by atoms with E-state index in [1.807, 2.05) is 54.6 Å². The van der Waals surface area contributed by atoms with Crippen molar-refractivity contribution in [3.8, 4) is 17.2 Å². The van der Waals surface area contributed by atoms with Crippen molar-refractivity contribution in [2.45, 2.75) is 0 Å². The molecule has 5 heteroatoms. The lowest BCUT2D eigenvalue weighted by molar-refractivity contribution is 0.669. The average molecular weight is 552 g/mol. The third-order valence-electron chi connectivity index (χ3n) is 8.62. The van der Waals surface area contributed by atoms with E-state index in [0.29, 0.717) is 5.95 Å². The molecule has 5 nitrogen and oxygen atoms in total. The van der Waals surface area contributed by atoms with Crippen molar-refractivity contribution in [1.82, 2.24) is 14.5 Å². The number of para-hydroxylation sites is 3. The van der Waals surface area contributed by atoms with Gasteiger partial charge in [-0.1, -0.05) is 84.9 Å². The molecular formula is C38H21N3O2. The molecule has 10 aromatic rings. The zero-order chi connectivity index (χ0) is 28.1. The fourth-order valence-corrected chi connectivity index (χ4v) is 6.78. The first-order chi connectivity index (χ1) is 21.3. The van der Waals surface area contributed by atoms with Crippen LogP contribution in [-0.2, 0) is 0 Å². The Morgan fingerprint density at radius 2 is 1.12 bits per heavy atom. The van der Waals surface area contributed by atoms with Gasteiger partial charge in [-0.15, -0.1) is 0 Å². The first-order valence-corrected chi connectivity index (χ1v) is 14.3. The third kappa shape index (κ3) is 3.05. The van der Waals surface area contributed by atoms with E-state index in [9.17, 15) is 0 Å². The van der Waals surface area contributed by atoms with Crippen LogP contribution in [0.4, 0.5) is 0 Å². The van der Waals surface area contributed by atoms with Gasteiger partial charge in [0.25, 0.3) is 0 Å². The van der Waals surface area contributed by atoms with Gasteiger partial charge in [0, 0.05) is 37.9 Å². The number of nitrogens with zero attached hydrogens (tertiary/aromatic N) is 3. The van der Waals surface area contributed by atoms with Gasteiger partial charge in [0.15, 0.2) is 0 Å². The third-order valence-corrected chi connectivity index (χ3v) is 8.62. The Morgan fingerprint density at radius 1 is 0.442 bits per heavy atom. The molecule has 0 amide bonds. The molecule has 0 saturated heterocycles. The fourth-order valence-electron chi connectivity index (χ4n) is 6.78. The number of fused-ring (bicyclic) bond motifs is 12. The van der Waals surface area contributed by atoms with Crippen molar-refractivity contribution in [3.63, 3.8) is 0 Å². The maximum atomic E-state index is 6.64. The Balaban J connectivity index is 1.43. The number of hydrogen-bond donors (Lipinski definition) is 0. The summed E-state index contributed by atoms with van der Waals surface area (Å²) >= 11 is 0. The van der Waals surface area contributed by atoms with Crippen molar-refractivity contribution in [3.05, 3.63) is 127 Å². The van der Waals surface area contributed by atoms with Gasteiger partial charge in [-0.2, -0.15) is 0 Å². The highest BCUT2D eigenvalue weighted by Crippen LogP contribution is 2.45. The van der Waals surface area contributed by atoms with Gasteiger partial charge in [0.05, 0.1) is 27.6 Å². The lowest BCUT2D eigenvalue weighted by Crippen LogP contribution is -2.03. The molecule has 0 N–H and O–H groups in total. The maximum Gasteiger partial charge on any atom is 0.235 e. The molecular weight excluding hydrogens is 530 g/mol. The van der Waals surface area contributed by atoms with Gasteiger partial charge < -0.3 is 8.83 Å². The second kappa shape index (κ2) is 8.30. The average Bonchev–Trinajstić information content (AvgIpc) is 3.73. The molecule has 6 aromatic carbocycles. The van der Waals surface area contributed by atoms with Gasteiger partial charge in [0.2, 0.25) is 5.95 Å². The van der Waals surface area contributed by atoms with Crippen LogP contribution in [0.1, 0.15) is 0 Å². The molecule has 0 aliphatic heterocycles. The Kier molecular flexibility index (Phi) is 4.39. The first-order valence-electron chi connectivity index (χ1n) is 14.3. The summed E-state index contributed by atoms with van der Waals surface area (Å²) in [6, 6.07) is 43.5. The SMILES string of the molecule is c1ccc(-c2nc(-n3c4ccc5c6ccccc6oc5c4c4c5c(ccc43)oc3ccccc35)nc3ccccc23)cc1. The molecule has 0 bridgehead atoms. The topological polar surface area (TPSA) is 57.0 Å². The summed E-state index contributed by atoms with van der Waals surface area (Å²) in [5.74, 6) is 0.611. The summed E-state index contributed by atoms with van der Waals surface area (Å²) in [5, 5.41) is 7.42. The second-order valence-electron chi connectivity index (χ2n) is 11.0. The van der Waals surface area contributed by atoms with Crippen LogP contribution in [0.5, 0.6) is 0 Å². The summed E-state index contributed by atoms with van der Waals surface area (Å²) < 4.78 is 15.2. The van der Waals surface area contributed by atoms with Crippen LogP contribution in [0.15, 0.2) is 136 Å². The number of hydrogen-bond acceptors (Lipinski definition) is 4. The van der Waals surface area contributed by atoms with E-state index in [1.54, 1.807) is 0 Å². The minimum Gasteiger partial charge on any atom is -0.456 e. The van der Waals surface area contributed by atoms with E-state index in [-0.39, 0.29) is 0 Å². The highest BCUT2D eigenvalue weighted by atomic mass is 16.3. The first kappa shape index (κ1) is 22.7. The molecule has 4 aromatic heterocycles. The predicted octanol–water partition coefficient (Wildman–Crippen LogP) is 10.2. The summed E-state index contributed by atoms with van der Waals surface area (Å²) in [7, 11) is 0. The van der Waals surface area contributed by atoms with Gasteiger partial charge in [0.1, 0.15) is 22.3 Å². The molecule has 0 aliphatic carbocycles. The van der Waals surface area contributed by atoms with E-state index < -0.39 is 0 Å². The van der Waals surface area contributed by atoms with Crippen LogP contribution in [-0.4, -0.2) is 14.5 Å². The molecule has 0 atom stereocenters. The number of aromatic nitrogens is 3. The van der Waals surface area contributed by atoms with Gasteiger partial charge in [-0.25, -0.2) is 9.97 Å². The van der Waals surface area contributed by atoms with E-state index in [2.05, 4.69) is 77.4 Å². The molecule has 0 spiro atoms. The smallest absolute Gasteiger partial charge is 0.235 e. The summed E-state index contributed by atoms with van der Waals surface area (Å²) in [6.45, 7) is 0. The molecule has 4 heterocycles. The van der Waals surface area contributed by atoms with E-state index >= 15 is 0 Å². The highest BCUT2D eigenvalue weighted by molar-refractivity contribution is 6.33. The predicted molar refractivity (Wildman–Crippen MR) is 174 cm³/mol. The van der Waals surface area contributed by atoms with Gasteiger partial charge in [-0.05, 0) is 42.5 Å². The zero-order valence-corrected chi connectivity index (χ0v) is 22.8. The van der Waals surface area contributed by atoms with Crippen molar-refractivity contribution in [2.24, 2.45) is 0 Å². The lowest BCUT2D eigenvalue weighted by atomic mass is 10.0. The maximum absolute atomic E-state index is 6.64. The molecule has 10 rings (SSSR count). The van der Waals surface area contributed by atoms with Crippen molar-refractivity contribution in [1.29, 1.82) is 0 Å². The van der Waals surface area contributed by atoms with Crippen LogP contribution < -0.4 is 0 Å². The Bertz CT molecular complexity index is 2730. The molecule has 43 heavy (non-hydrogen) atoms. The van der Waals surface area contributed by atoms with Crippen LogP contribution in [0.3, 0.4) is 0 Å². The van der Waals surface area contributed by atoms with E-state index in [4.69, 9.17) is 18.8 Å². The Morgan fingerprint density at radius 3 is 1.98 bits per heavy atom. The largest absolute Gasteiger partial charge is 0.456 e.